The Morgan fingerprint density at radius 1 is 1.39 bits per heavy atom. The van der Waals surface area contributed by atoms with Gasteiger partial charge in [0.15, 0.2) is 0 Å². The van der Waals surface area contributed by atoms with Gasteiger partial charge in [-0.3, -0.25) is 0 Å². The quantitative estimate of drug-likeness (QED) is 0.895. The van der Waals surface area contributed by atoms with Crippen LogP contribution in [0.15, 0.2) is 18.3 Å². The summed E-state index contributed by atoms with van der Waals surface area (Å²) in [5.74, 6) is -0.284. The molecule has 0 aliphatic carbocycles. The van der Waals surface area contributed by atoms with Gasteiger partial charge in [0, 0.05) is 24.5 Å². The molecule has 2 aromatic heterocycles. The maximum atomic E-state index is 11.0. The van der Waals surface area contributed by atoms with Gasteiger partial charge in [-0.05, 0) is 38.8 Å². The molecule has 1 aliphatic heterocycles. The first-order valence-electron chi connectivity index (χ1n) is 7.65. The highest BCUT2D eigenvalue weighted by molar-refractivity contribution is 5.92. The summed E-state index contributed by atoms with van der Waals surface area (Å²) < 4.78 is 6.01. The molecule has 0 amide bonds. The van der Waals surface area contributed by atoms with Crippen LogP contribution in [0.25, 0.3) is 11.0 Å². The van der Waals surface area contributed by atoms with Crippen molar-refractivity contribution in [2.45, 2.75) is 38.8 Å². The average Bonchev–Trinajstić information content (AvgIpc) is 2.91. The largest absolute Gasteiger partial charge is 0.489 e. The Morgan fingerprint density at radius 2 is 2.09 bits per heavy atom. The number of piperidine rings is 1. The van der Waals surface area contributed by atoms with E-state index in [0.717, 1.165) is 31.3 Å². The second-order valence-corrected chi connectivity index (χ2v) is 6.04. The molecule has 0 atom stereocenters. The molecular weight excluding hydrogens is 318 g/mol. The van der Waals surface area contributed by atoms with Crippen LogP contribution in [0, 0.1) is 0 Å². The van der Waals surface area contributed by atoms with Crippen molar-refractivity contribution in [1.29, 1.82) is 0 Å². The van der Waals surface area contributed by atoms with Crippen LogP contribution in [0.2, 0.25) is 0 Å². The second-order valence-electron chi connectivity index (χ2n) is 6.04. The van der Waals surface area contributed by atoms with Crippen LogP contribution >= 0.6 is 12.4 Å². The van der Waals surface area contributed by atoms with Gasteiger partial charge >= 0.3 is 5.97 Å². The van der Waals surface area contributed by atoms with Gasteiger partial charge in [0.2, 0.25) is 0 Å². The van der Waals surface area contributed by atoms with E-state index >= 15 is 0 Å². The Balaban J connectivity index is 0.00000192. The number of pyridine rings is 1. The van der Waals surface area contributed by atoms with Gasteiger partial charge in [-0.1, -0.05) is 0 Å². The molecule has 0 unspecified atom stereocenters. The number of halogens is 1. The molecule has 3 rings (SSSR count). The van der Waals surface area contributed by atoms with Gasteiger partial charge in [0.05, 0.1) is 6.20 Å². The number of aromatic carboxylic acids is 1. The summed E-state index contributed by atoms with van der Waals surface area (Å²) in [7, 11) is 0. The molecule has 6 nitrogen and oxygen atoms in total. The van der Waals surface area contributed by atoms with E-state index in [1.54, 1.807) is 12.3 Å². The summed E-state index contributed by atoms with van der Waals surface area (Å²) in [5.41, 5.74) is 0.712. The number of hydrogen-bond donors (Lipinski definition) is 2. The standard InChI is InChI=1S/C16H21N3O3.ClH/c1-10(2)19-5-3-12(4-6-19)22-13-7-11-8-14(16(20)21)18-15(11)17-9-13;/h7-10,12H,3-6H2,1-2H3,(H,17,18)(H,20,21);1H. The molecule has 0 bridgehead atoms. The fourth-order valence-electron chi connectivity index (χ4n) is 2.88. The highest BCUT2D eigenvalue weighted by Gasteiger charge is 2.22. The number of rotatable bonds is 4. The third-order valence-corrected chi connectivity index (χ3v) is 4.19. The SMILES string of the molecule is CC(C)N1CCC(Oc2cnc3[nH]c(C(=O)O)cc3c2)CC1.Cl. The van der Waals surface area contributed by atoms with Crippen molar-refractivity contribution in [3.63, 3.8) is 0 Å². The molecule has 1 saturated heterocycles. The van der Waals surface area contributed by atoms with Crippen LogP contribution in [0.1, 0.15) is 37.2 Å². The van der Waals surface area contributed by atoms with E-state index in [4.69, 9.17) is 9.84 Å². The molecule has 3 heterocycles. The monoisotopic (exact) mass is 339 g/mol. The lowest BCUT2D eigenvalue weighted by atomic mass is 10.1. The van der Waals surface area contributed by atoms with E-state index in [1.165, 1.54) is 0 Å². The van der Waals surface area contributed by atoms with Gasteiger partial charge in [-0.25, -0.2) is 9.78 Å². The van der Waals surface area contributed by atoms with Crippen LogP contribution in [0.3, 0.4) is 0 Å². The second kappa shape index (κ2) is 7.19. The predicted molar refractivity (Wildman–Crippen MR) is 90.7 cm³/mol. The fraction of sp³-hybridized carbons (Fsp3) is 0.500. The summed E-state index contributed by atoms with van der Waals surface area (Å²) in [6, 6.07) is 4.01. The Hall–Kier alpha value is -1.79. The third kappa shape index (κ3) is 3.95. The van der Waals surface area contributed by atoms with Crippen LogP contribution in [0.5, 0.6) is 5.75 Å². The van der Waals surface area contributed by atoms with Crippen molar-refractivity contribution in [1.82, 2.24) is 14.9 Å². The zero-order valence-electron chi connectivity index (χ0n) is 13.3. The molecule has 7 heteroatoms. The van der Waals surface area contributed by atoms with Gasteiger partial charge in [-0.2, -0.15) is 0 Å². The topological polar surface area (TPSA) is 78.5 Å². The normalized spacial score (nSPS) is 16.5. The van der Waals surface area contributed by atoms with E-state index in [0.29, 0.717) is 17.4 Å². The van der Waals surface area contributed by atoms with E-state index < -0.39 is 5.97 Å². The third-order valence-electron chi connectivity index (χ3n) is 4.19. The highest BCUT2D eigenvalue weighted by atomic mass is 35.5. The van der Waals surface area contributed by atoms with Crippen LogP contribution in [-0.4, -0.2) is 51.2 Å². The summed E-state index contributed by atoms with van der Waals surface area (Å²) in [6.07, 6.45) is 3.86. The number of nitrogens with zero attached hydrogens (tertiary/aromatic N) is 2. The van der Waals surface area contributed by atoms with E-state index in [9.17, 15) is 4.79 Å². The van der Waals surface area contributed by atoms with Crippen molar-refractivity contribution in [3.8, 4) is 5.75 Å². The number of ether oxygens (including phenoxy) is 1. The minimum atomic E-state index is -0.985. The van der Waals surface area contributed by atoms with E-state index in [-0.39, 0.29) is 24.2 Å². The average molecular weight is 340 g/mol. The van der Waals surface area contributed by atoms with Crippen molar-refractivity contribution in [2.75, 3.05) is 13.1 Å². The van der Waals surface area contributed by atoms with Gasteiger partial charge in [0.25, 0.3) is 0 Å². The smallest absolute Gasteiger partial charge is 0.352 e. The molecule has 0 radical (unpaired) electrons. The van der Waals surface area contributed by atoms with Crippen molar-refractivity contribution >= 4 is 29.4 Å². The Labute approximate surface area is 141 Å². The molecule has 126 valence electrons. The lowest BCUT2D eigenvalue weighted by molar-refractivity contribution is 0.0691. The Kier molecular flexibility index (Phi) is 5.49. The maximum absolute atomic E-state index is 11.0. The van der Waals surface area contributed by atoms with Crippen LogP contribution in [-0.2, 0) is 0 Å². The number of aromatic nitrogens is 2. The number of carboxylic acid groups (broad SMARTS) is 1. The lowest BCUT2D eigenvalue weighted by Crippen LogP contribution is -2.41. The van der Waals surface area contributed by atoms with Crippen molar-refractivity contribution in [2.24, 2.45) is 0 Å². The first-order chi connectivity index (χ1) is 10.5. The number of carboxylic acids is 1. The van der Waals surface area contributed by atoms with Gasteiger partial charge in [-0.15, -0.1) is 12.4 Å². The fourth-order valence-corrected chi connectivity index (χ4v) is 2.88. The lowest BCUT2D eigenvalue weighted by Gasteiger charge is -2.34. The minimum Gasteiger partial charge on any atom is -0.489 e. The molecule has 0 aromatic carbocycles. The number of nitrogens with one attached hydrogen (secondary N) is 1. The van der Waals surface area contributed by atoms with Crippen LogP contribution < -0.4 is 4.74 Å². The van der Waals surface area contributed by atoms with Crippen LogP contribution in [0.4, 0.5) is 0 Å². The molecule has 0 spiro atoms. The first kappa shape index (κ1) is 17.6. The number of fused-ring (bicyclic) bond motifs is 1. The van der Waals surface area contributed by atoms with Crippen molar-refractivity contribution in [3.05, 3.63) is 24.0 Å². The molecule has 23 heavy (non-hydrogen) atoms. The minimum absolute atomic E-state index is 0. The summed E-state index contributed by atoms with van der Waals surface area (Å²) >= 11 is 0. The van der Waals surface area contributed by atoms with Crippen molar-refractivity contribution < 1.29 is 14.6 Å². The number of carbonyl (C=O) groups is 1. The number of likely N-dealkylation sites (tertiary alicyclic amines) is 1. The maximum Gasteiger partial charge on any atom is 0.352 e. The van der Waals surface area contributed by atoms with Gasteiger partial charge in [0.1, 0.15) is 23.2 Å². The molecule has 1 fully saturated rings. The number of H-pyrrole nitrogens is 1. The number of aromatic amines is 1. The van der Waals surface area contributed by atoms with Gasteiger partial charge < -0.3 is 19.7 Å². The zero-order valence-corrected chi connectivity index (χ0v) is 14.1. The first-order valence-corrected chi connectivity index (χ1v) is 7.65. The summed E-state index contributed by atoms with van der Waals surface area (Å²) in [5, 5.41) is 9.75. The summed E-state index contributed by atoms with van der Waals surface area (Å²) in [4.78, 5) is 20.4. The predicted octanol–water partition coefficient (Wildman–Crippen LogP) is 2.93. The van der Waals surface area contributed by atoms with E-state index in [1.807, 2.05) is 6.07 Å². The molecule has 2 aromatic rings. The zero-order chi connectivity index (χ0) is 15.7. The van der Waals surface area contributed by atoms with E-state index in [2.05, 4.69) is 28.7 Å². The molecule has 2 N–H and O–H groups in total. The summed E-state index contributed by atoms with van der Waals surface area (Å²) in [6.45, 7) is 6.52. The molecule has 1 aliphatic rings. The Bertz CT molecular complexity index is 678. The highest BCUT2D eigenvalue weighted by Crippen LogP contribution is 2.23. The molecular formula is C16H22ClN3O3. The molecule has 0 saturated carbocycles. The Morgan fingerprint density at radius 3 is 2.70 bits per heavy atom. The number of hydrogen-bond acceptors (Lipinski definition) is 4.